The van der Waals surface area contributed by atoms with Crippen LogP contribution in [-0.4, -0.2) is 23.0 Å². The molecule has 4 nitrogen and oxygen atoms in total. The van der Waals surface area contributed by atoms with Crippen LogP contribution in [0.15, 0.2) is 6.20 Å². The van der Waals surface area contributed by atoms with Gasteiger partial charge in [0.15, 0.2) is 5.82 Å². The second-order valence-electron chi connectivity index (χ2n) is 2.78. The number of aromatic nitrogens is 2. The number of ether oxygens (including phenoxy) is 1. The first-order chi connectivity index (χ1) is 6.86. The van der Waals surface area contributed by atoms with Gasteiger partial charge in [0.25, 0.3) is 0 Å². The Labute approximate surface area is 89.2 Å². The first-order valence-corrected chi connectivity index (χ1v) is 4.23. The van der Waals surface area contributed by atoms with Crippen LogP contribution >= 0.6 is 11.6 Å². The highest BCUT2D eigenvalue weighted by Gasteiger charge is 2.29. The maximum absolute atomic E-state index is 12.7. The van der Waals surface area contributed by atoms with Gasteiger partial charge in [-0.05, 0) is 0 Å². The van der Waals surface area contributed by atoms with Crippen LogP contribution in [0.5, 0.6) is 0 Å². The molecule has 1 heterocycles. The molecule has 1 aromatic rings. The molecule has 0 spiro atoms. The van der Waals surface area contributed by atoms with E-state index in [-0.39, 0.29) is 10.7 Å². The third-order valence-corrected chi connectivity index (χ3v) is 1.83. The zero-order valence-corrected chi connectivity index (χ0v) is 8.68. The number of hydrogen-bond donors (Lipinski definition) is 0. The van der Waals surface area contributed by atoms with Gasteiger partial charge < -0.3 is 4.74 Å². The highest BCUT2D eigenvalue weighted by Crippen LogP contribution is 2.25. The van der Waals surface area contributed by atoms with Crippen molar-refractivity contribution in [3.05, 3.63) is 22.7 Å². The number of rotatable bonds is 2. The van der Waals surface area contributed by atoms with Crippen molar-refractivity contribution in [1.29, 1.82) is 0 Å². The van der Waals surface area contributed by atoms with Crippen LogP contribution in [0.1, 0.15) is 23.1 Å². The van der Waals surface area contributed by atoms with Crippen molar-refractivity contribution < 1.29 is 18.3 Å². The predicted octanol–water partition coefficient (Wildman–Crippen LogP) is 2.03. The van der Waals surface area contributed by atoms with Gasteiger partial charge in [-0.3, -0.25) is 0 Å². The third-order valence-electron chi connectivity index (χ3n) is 1.54. The Morgan fingerprint density at radius 1 is 1.60 bits per heavy atom. The molecule has 0 aliphatic heterocycles. The topological polar surface area (TPSA) is 52.1 Å². The van der Waals surface area contributed by atoms with E-state index in [0.717, 1.165) is 13.3 Å². The normalized spacial score (nSPS) is 11.3. The molecule has 0 bridgehead atoms. The Kier molecular flexibility index (Phi) is 3.18. The van der Waals surface area contributed by atoms with E-state index in [9.17, 15) is 13.6 Å². The van der Waals surface area contributed by atoms with Gasteiger partial charge in [0.2, 0.25) is 0 Å². The summed E-state index contributed by atoms with van der Waals surface area (Å²) < 4.78 is 29.9. The molecule has 82 valence electrons. The van der Waals surface area contributed by atoms with Gasteiger partial charge in [0.1, 0.15) is 10.7 Å². The molecule has 1 aromatic heterocycles. The lowest BCUT2D eigenvalue weighted by molar-refractivity contribution is 0.00751. The first kappa shape index (κ1) is 11.8. The number of halogens is 3. The van der Waals surface area contributed by atoms with Crippen molar-refractivity contribution in [1.82, 2.24) is 9.97 Å². The molecular weight excluding hydrogens is 230 g/mol. The molecule has 0 radical (unpaired) electrons. The summed E-state index contributed by atoms with van der Waals surface area (Å²) >= 11 is 5.52. The fourth-order valence-electron chi connectivity index (χ4n) is 0.819. The lowest BCUT2D eigenvalue weighted by atomic mass is 10.3. The van der Waals surface area contributed by atoms with Gasteiger partial charge in [-0.15, -0.1) is 0 Å². The lowest BCUT2D eigenvalue weighted by Crippen LogP contribution is -2.14. The Balaban J connectivity index is 3.15. The molecular formula is C8H7ClF2N2O2. The predicted molar refractivity (Wildman–Crippen MR) is 47.9 cm³/mol. The van der Waals surface area contributed by atoms with Crippen LogP contribution in [0.25, 0.3) is 0 Å². The summed E-state index contributed by atoms with van der Waals surface area (Å²) in [4.78, 5) is 17.7. The molecule has 0 aromatic carbocycles. The van der Waals surface area contributed by atoms with Crippen molar-refractivity contribution in [3.63, 3.8) is 0 Å². The standard InChI is InChI=1S/C8H7ClF2N2O2/c1-8(10,11)7-12-3-4(5(9)13-7)6(14)15-2/h3H,1-2H3. The number of carbonyl (C=O) groups is 1. The van der Waals surface area contributed by atoms with Crippen LogP contribution in [0.4, 0.5) is 8.78 Å². The molecule has 0 unspecified atom stereocenters. The number of methoxy groups -OCH3 is 1. The van der Waals surface area contributed by atoms with Gasteiger partial charge >= 0.3 is 11.9 Å². The van der Waals surface area contributed by atoms with Crippen LogP contribution in [0.3, 0.4) is 0 Å². The van der Waals surface area contributed by atoms with Crippen LogP contribution in [0.2, 0.25) is 5.15 Å². The number of esters is 1. The summed E-state index contributed by atoms with van der Waals surface area (Å²) in [7, 11) is 1.14. The van der Waals surface area contributed by atoms with Crippen molar-refractivity contribution >= 4 is 17.6 Å². The van der Waals surface area contributed by atoms with E-state index in [1.165, 1.54) is 0 Å². The van der Waals surface area contributed by atoms with Crippen molar-refractivity contribution in [3.8, 4) is 0 Å². The number of nitrogens with zero attached hydrogens (tertiary/aromatic N) is 2. The van der Waals surface area contributed by atoms with E-state index in [1.54, 1.807) is 0 Å². The molecule has 0 aliphatic rings. The monoisotopic (exact) mass is 236 g/mol. The van der Waals surface area contributed by atoms with Gasteiger partial charge in [-0.2, -0.15) is 8.78 Å². The Hall–Kier alpha value is -1.30. The Morgan fingerprint density at radius 2 is 2.20 bits per heavy atom. The zero-order valence-electron chi connectivity index (χ0n) is 7.92. The van der Waals surface area contributed by atoms with E-state index in [1.807, 2.05) is 0 Å². The maximum Gasteiger partial charge on any atom is 0.342 e. The summed E-state index contributed by atoms with van der Waals surface area (Å²) in [5.41, 5.74) is -0.146. The minimum atomic E-state index is -3.20. The average molecular weight is 237 g/mol. The lowest BCUT2D eigenvalue weighted by Gasteiger charge is -2.09. The highest BCUT2D eigenvalue weighted by molar-refractivity contribution is 6.32. The molecule has 0 saturated carbocycles. The van der Waals surface area contributed by atoms with Crippen molar-refractivity contribution in [2.75, 3.05) is 7.11 Å². The fraction of sp³-hybridized carbons (Fsp3) is 0.375. The van der Waals surface area contributed by atoms with Crippen LogP contribution < -0.4 is 0 Å². The molecule has 0 fully saturated rings. The summed E-state index contributed by atoms with van der Waals surface area (Å²) in [6.45, 7) is 0.635. The maximum atomic E-state index is 12.7. The molecule has 0 N–H and O–H groups in total. The minimum absolute atomic E-state index is 0.146. The molecule has 0 aliphatic carbocycles. The Bertz CT molecular complexity index is 393. The van der Waals surface area contributed by atoms with Crippen molar-refractivity contribution in [2.45, 2.75) is 12.8 Å². The number of alkyl halides is 2. The smallest absolute Gasteiger partial charge is 0.342 e. The van der Waals surface area contributed by atoms with E-state index >= 15 is 0 Å². The summed E-state index contributed by atoms with van der Waals surface area (Å²) in [6, 6.07) is 0. The number of carbonyl (C=O) groups excluding carboxylic acids is 1. The molecule has 7 heteroatoms. The molecule has 0 saturated heterocycles. The summed E-state index contributed by atoms with van der Waals surface area (Å²) in [5.74, 6) is -4.70. The second-order valence-corrected chi connectivity index (χ2v) is 3.14. The van der Waals surface area contributed by atoms with Gasteiger partial charge in [-0.1, -0.05) is 11.6 Å². The molecule has 1 rings (SSSR count). The van der Waals surface area contributed by atoms with Crippen LogP contribution in [0, 0.1) is 0 Å². The molecule has 0 atom stereocenters. The molecule has 0 amide bonds. The van der Waals surface area contributed by atoms with Crippen LogP contribution in [-0.2, 0) is 10.7 Å². The van der Waals surface area contributed by atoms with E-state index in [0.29, 0.717) is 6.92 Å². The van der Waals surface area contributed by atoms with Crippen molar-refractivity contribution in [2.24, 2.45) is 0 Å². The van der Waals surface area contributed by atoms with Gasteiger partial charge in [0, 0.05) is 13.1 Å². The van der Waals surface area contributed by atoms with Gasteiger partial charge in [-0.25, -0.2) is 14.8 Å². The van der Waals surface area contributed by atoms with E-state index < -0.39 is 17.7 Å². The second kappa shape index (κ2) is 4.06. The SMILES string of the molecule is COC(=O)c1cnc(C(C)(F)F)nc1Cl. The fourth-order valence-corrected chi connectivity index (χ4v) is 1.03. The summed E-state index contributed by atoms with van der Waals surface area (Å²) in [5, 5.41) is -0.353. The zero-order chi connectivity index (χ0) is 11.6. The highest BCUT2D eigenvalue weighted by atomic mass is 35.5. The minimum Gasteiger partial charge on any atom is -0.465 e. The first-order valence-electron chi connectivity index (χ1n) is 3.85. The molecule has 15 heavy (non-hydrogen) atoms. The average Bonchev–Trinajstić information content (AvgIpc) is 2.15. The Morgan fingerprint density at radius 3 is 2.60 bits per heavy atom. The third kappa shape index (κ3) is 2.59. The number of hydrogen-bond acceptors (Lipinski definition) is 4. The van der Waals surface area contributed by atoms with E-state index in [2.05, 4.69) is 14.7 Å². The summed E-state index contributed by atoms with van der Waals surface area (Å²) in [6.07, 6.45) is 0.911. The quantitative estimate of drug-likeness (QED) is 0.582. The largest absolute Gasteiger partial charge is 0.465 e. The van der Waals surface area contributed by atoms with Gasteiger partial charge in [0.05, 0.1) is 7.11 Å². The van der Waals surface area contributed by atoms with E-state index in [4.69, 9.17) is 11.6 Å².